The fourth-order valence-corrected chi connectivity index (χ4v) is 11.2. The molecule has 552 valence electrons. The van der Waals surface area contributed by atoms with Crippen molar-refractivity contribution in [2.24, 2.45) is 0 Å². The first-order valence-corrected chi connectivity index (χ1v) is 32.6. The molecule has 99 heavy (non-hydrogen) atoms. The van der Waals surface area contributed by atoms with Gasteiger partial charge in [-0.2, -0.15) is 52.7 Å². The maximum Gasteiger partial charge on any atom is 0.416 e. The summed E-state index contributed by atoms with van der Waals surface area (Å²) < 4.78 is 193. The number of benzene rings is 7. The van der Waals surface area contributed by atoms with Crippen LogP contribution < -0.4 is 14.2 Å². The predicted octanol–water partition coefficient (Wildman–Crippen LogP) is 27.8. The van der Waals surface area contributed by atoms with Crippen LogP contribution in [0.15, 0.2) is 127 Å². The molecule has 0 aliphatic carbocycles. The smallest absolute Gasteiger partial charge is 0.416 e. The average Bonchev–Trinajstić information content (AvgIpc) is 0.812. The van der Waals surface area contributed by atoms with E-state index in [4.69, 9.17) is 49.0 Å². The molecule has 7 aromatic rings. The van der Waals surface area contributed by atoms with Gasteiger partial charge >= 0.3 is 24.7 Å². The van der Waals surface area contributed by atoms with Gasteiger partial charge in [0.15, 0.2) is 0 Å². The third kappa shape index (κ3) is 29.7. The second-order valence-corrected chi connectivity index (χ2v) is 31.9. The number of hydrogen-bond acceptors (Lipinski definition) is 3. The molecule has 0 aromatic heterocycles. The van der Waals surface area contributed by atoms with Gasteiger partial charge in [-0.05, 0) is 170 Å². The van der Waals surface area contributed by atoms with Crippen molar-refractivity contribution >= 4 is 34.8 Å². The van der Waals surface area contributed by atoms with E-state index in [9.17, 15) is 61.5 Å². The summed E-state index contributed by atoms with van der Waals surface area (Å²) in [7, 11) is 4.69. The Morgan fingerprint density at radius 2 is 0.606 bits per heavy atom. The Hall–Kier alpha value is -6.17. The van der Waals surface area contributed by atoms with Crippen molar-refractivity contribution in [3.8, 4) is 17.2 Å². The molecule has 0 amide bonds. The number of alkyl halides is 12. The van der Waals surface area contributed by atoms with E-state index in [0.29, 0.717) is 27.8 Å². The first kappa shape index (κ1) is 90.8. The first-order chi connectivity index (χ1) is 44.3. The molecule has 0 saturated heterocycles. The van der Waals surface area contributed by atoms with E-state index in [0.717, 1.165) is 51.9 Å². The minimum atomic E-state index is -4.51. The van der Waals surface area contributed by atoms with E-state index < -0.39 is 69.0 Å². The summed E-state index contributed by atoms with van der Waals surface area (Å²) in [6.45, 7) is 44.0. The number of halogens is 17. The second kappa shape index (κ2) is 35.1. The molecule has 0 bridgehead atoms. The number of ether oxygens (including phenoxy) is 3. The molecule has 0 saturated carbocycles. The third-order valence-electron chi connectivity index (χ3n) is 14.8. The zero-order valence-electron chi connectivity index (χ0n) is 61.8. The number of aryl methyl sites for hydroxylation is 2. The summed E-state index contributed by atoms with van der Waals surface area (Å²) in [6, 6.07) is 31.6. The molecule has 7 rings (SSSR count). The van der Waals surface area contributed by atoms with Crippen molar-refractivity contribution in [1.29, 1.82) is 0 Å². The van der Waals surface area contributed by atoms with E-state index in [1.807, 2.05) is 65.8 Å². The number of hydrogen-bond donors (Lipinski definition) is 0. The summed E-state index contributed by atoms with van der Waals surface area (Å²) in [4.78, 5) is 0. The van der Waals surface area contributed by atoms with Crippen LogP contribution in [0.25, 0.3) is 0 Å². The van der Waals surface area contributed by atoms with Gasteiger partial charge in [0.2, 0.25) is 0 Å². The molecular weight excluding hydrogens is 1370 g/mol. The Labute approximate surface area is 594 Å². The van der Waals surface area contributed by atoms with Crippen molar-refractivity contribution in [1.82, 2.24) is 0 Å². The number of rotatable bonds is 3. The van der Waals surface area contributed by atoms with Gasteiger partial charge in [-0.1, -0.05) is 234 Å². The van der Waals surface area contributed by atoms with Gasteiger partial charge in [0, 0.05) is 20.6 Å². The second-order valence-electron chi connectivity index (χ2n) is 30.7. The summed E-state index contributed by atoms with van der Waals surface area (Å²) in [5.74, 6) is 0.870. The molecule has 3 nitrogen and oxygen atoms in total. The van der Waals surface area contributed by atoms with E-state index >= 15 is 0 Å². The minimum Gasteiger partial charge on any atom is -0.497 e. The Bertz CT molecular complexity index is 3550. The van der Waals surface area contributed by atoms with Crippen LogP contribution in [0, 0.1) is 25.5 Å². The van der Waals surface area contributed by atoms with Gasteiger partial charge in [0.1, 0.15) is 28.9 Å². The first-order valence-electron chi connectivity index (χ1n) is 31.5. The molecule has 0 aliphatic heterocycles. The minimum absolute atomic E-state index is 0.0867. The van der Waals surface area contributed by atoms with E-state index in [-0.39, 0.29) is 49.4 Å². The van der Waals surface area contributed by atoms with Gasteiger partial charge in [0.05, 0.1) is 43.6 Å². The molecule has 0 fully saturated rings. The zero-order valence-corrected chi connectivity index (χ0v) is 64.0. The van der Waals surface area contributed by atoms with E-state index in [2.05, 4.69) is 60.6 Å². The van der Waals surface area contributed by atoms with E-state index in [1.54, 1.807) is 114 Å². The third-order valence-corrected chi connectivity index (χ3v) is 15.7. The van der Waals surface area contributed by atoms with Crippen LogP contribution in [0.5, 0.6) is 17.2 Å². The lowest BCUT2D eigenvalue weighted by Gasteiger charge is -2.24. The van der Waals surface area contributed by atoms with Crippen LogP contribution >= 0.6 is 34.8 Å². The lowest BCUT2D eigenvalue weighted by atomic mass is 9.83. The quantitative estimate of drug-likeness (QED) is 0.165. The van der Waals surface area contributed by atoms with Gasteiger partial charge in [-0.15, -0.1) is 0 Å². The predicted molar refractivity (Wildman–Crippen MR) is 380 cm³/mol. The molecule has 0 radical (unpaired) electrons. The molecule has 0 aliphatic rings. The topological polar surface area (TPSA) is 27.7 Å². The van der Waals surface area contributed by atoms with Crippen LogP contribution in [-0.4, -0.2) is 21.3 Å². The maximum absolute atomic E-state index is 13.3. The van der Waals surface area contributed by atoms with Gasteiger partial charge in [-0.25, -0.2) is 8.78 Å². The molecule has 0 heterocycles. The SMILES string of the molecule is CC(C)(C)c1c(F)cccc1Cl.CC(C)(C)c1ccc(C(F)(F)F)cc1Cl.CC(C)(C)c1ccc(F)cc1C(F)(F)F.COc1ccc(C(C)(C)C)c(C(F)(F)F)c1.COc1ccc(C(C)(C)C)c(C)c1.COc1ccc(C(C)(C)C)c(Cl)c1.Cc1ccc(C(C)(C)C)c(C(F)(F)F)c1. The molecule has 0 atom stereocenters. The van der Waals surface area contributed by atoms with Crippen LogP contribution in [0.1, 0.15) is 218 Å². The van der Waals surface area contributed by atoms with Crippen LogP contribution in [-0.2, 0) is 62.6 Å². The molecule has 0 N–H and O–H groups in total. The summed E-state index contributed by atoms with van der Waals surface area (Å²) >= 11 is 17.8. The number of methoxy groups -OCH3 is 3. The highest BCUT2D eigenvalue weighted by Crippen LogP contribution is 2.43. The molecule has 7 aromatic carbocycles. The standard InChI is InChI=1S/C12H15F3O.C12H15F3.C12H18O.C11H12ClF3.C11H15ClO.C11H12F4.C10H12ClF/c1-11(2,3)9-6-5-8(16-4)7-10(9)12(13,14)15;1-8-5-6-9(11(2,3)4)10(7-8)12(13,14)15;1-9-8-10(13-5)6-7-11(9)12(2,3)4;1-10(2,3)8-5-4-7(6-9(8)12)11(13,14)15;1-11(2,3)9-6-5-8(13-4)7-10(9)12;1-10(2,3)8-5-4-7(12)6-9(8)11(13,14)15;1-10(2,3)9-7(11)5-4-6-8(9)12/h5-7H,1-4H3;5-7H,1-4H3;6-8H,1-5H3;4-6H,1-3H3;5-7H,1-4H3;4-6H,1-3H3;4-6H,1-3H3. The highest BCUT2D eigenvalue weighted by atomic mass is 35.5. The normalized spacial score (nSPS) is 12.4. The van der Waals surface area contributed by atoms with Crippen molar-refractivity contribution in [3.05, 3.63) is 226 Å². The Balaban J connectivity index is 0.000000579. The Morgan fingerprint density at radius 1 is 0.283 bits per heavy atom. The Morgan fingerprint density at radius 3 is 0.929 bits per heavy atom. The summed E-state index contributed by atoms with van der Waals surface area (Å²) in [6.07, 6.45) is -17.5. The fourth-order valence-electron chi connectivity index (χ4n) is 9.84. The fraction of sp³-hybridized carbons (Fsp3) is 0.468. The molecule has 0 spiro atoms. The summed E-state index contributed by atoms with van der Waals surface area (Å²) in [5, 5.41) is 1.44. The Kier molecular flexibility index (Phi) is 32.2. The van der Waals surface area contributed by atoms with Crippen molar-refractivity contribution in [2.45, 2.75) is 222 Å². The lowest BCUT2D eigenvalue weighted by molar-refractivity contribution is -0.139. The maximum atomic E-state index is 13.3. The van der Waals surface area contributed by atoms with Gasteiger partial charge in [0.25, 0.3) is 0 Å². The van der Waals surface area contributed by atoms with Gasteiger partial charge in [-0.3, -0.25) is 0 Å². The van der Waals surface area contributed by atoms with E-state index in [1.165, 1.54) is 48.6 Å². The van der Waals surface area contributed by atoms with Crippen molar-refractivity contribution in [2.75, 3.05) is 21.3 Å². The average molecular weight is 1470 g/mol. The largest absolute Gasteiger partial charge is 0.497 e. The molecule has 20 heteroatoms. The highest BCUT2D eigenvalue weighted by Gasteiger charge is 2.39. The van der Waals surface area contributed by atoms with Crippen LogP contribution in [0.4, 0.5) is 61.5 Å². The van der Waals surface area contributed by atoms with Crippen LogP contribution in [0.3, 0.4) is 0 Å². The lowest BCUT2D eigenvalue weighted by Crippen LogP contribution is -2.19. The molecular formula is C79H99Cl3F14O3. The van der Waals surface area contributed by atoms with Crippen LogP contribution in [0.2, 0.25) is 15.1 Å². The summed E-state index contributed by atoms with van der Waals surface area (Å²) in [5.41, 5.74) is 1.90. The van der Waals surface area contributed by atoms with Crippen molar-refractivity contribution < 1.29 is 75.7 Å². The zero-order chi connectivity index (χ0) is 77.6. The monoisotopic (exact) mass is 1470 g/mol. The van der Waals surface area contributed by atoms with Crippen molar-refractivity contribution in [3.63, 3.8) is 0 Å². The van der Waals surface area contributed by atoms with Gasteiger partial charge < -0.3 is 14.2 Å². The molecule has 0 unspecified atom stereocenters. The highest BCUT2D eigenvalue weighted by molar-refractivity contribution is 6.32.